The van der Waals surface area contributed by atoms with Crippen LogP contribution in [-0.4, -0.2) is 8.07 Å². The van der Waals surface area contributed by atoms with E-state index in [0.717, 1.165) is 12.3 Å². The molecule has 0 saturated heterocycles. The maximum atomic E-state index is 2.62. The second kappa shape index (κ2) is 6.91. The summed E-state index contributed by atoms with van der Waals surface area (Å²) in [6.45, 7) is 15.0. The first-order valence-corrected chi connectivity index (χ1v) is 13.3. The third kappa shape index (κ3) is 3.21. The van der Waals surface area contributed by atoms with Gasteiger partial charge in [0, 0.05) is 0 Å². The van der Waals surface area contributed by atoms with E-state index in [4.69, 9.17) is 0 Å². The third-order valence-corrected chi connectivity index (χ3v) is 12.7. The summed E-state index contributed by atoms with van der Waals surface area (Å²) in [5, 5.41) is 2.20. The highest BCUT2D eigenvalue weighted by atomic mass is 28.3. The Morgan fingerprint density at radius 3 is 2.08 bits per heavy atom. The van der Waals surface area contributed by atoms with Crippen molar-refractivity contribution in [2.45, 2.75) is 90.3 Å². The van der Waals surface area contributed by atoms with Crippen LogP contribution in [-0.2, 0) is 6.42 Å². The first-order valence-electron chi connectivity index (χ1n) is 10.3. The van der Waals surface area contributed by atoms with E-state index in [1.54, 1.807) is 16.7 Å². The maximum Gasteiger partial charge on any atom is 0.0867 e. The van der Waals surface area contributed by atoms with Gasteiger partial charge < -0.3 is 0 Å². The van der Waals surface area contributed by atoms with Crippen LogP contribution in [0.2, 0.25) is 18.1 Å². The van der Waals surface area contributed by atoms with Crippen LogP contribution in [0.25, 0.3) is 11.1 Å². The van der Waals surface area contributed by atoms with Crippen molar-refractivity contribution in [2.24, 2.45) is 0 Å². The third-order valence-electron chi connectivity index (χ3n) is 7.09. The molecule has 0 aliphatic heterocycles. The standard InChI is InChI=1S/C24H36Si/c1-7-19-20-16-12-9-13-17-21(20)22(18-14-10-8-11-15-18)23(19)25(5,6)24(2,3)4/h9,12-13,16-18H,7-8,10-11,14-15H2,1-6H3. The van der Waals surface area contributed by atoms with E-state index in [-0.39, 0.29) is 0 Å². The molecule has 1 saturated carbocycles. The van der Waals surface area contributed by atoms with Crippen LogP contribution in [0.15, 0.2) is 30.3 Å². The molecule has 136 valence electrons. The molecule has 3 aliphatic carbocycles. The van der Waals surface area contributed by atoms with Gasteiger partial charge in [-0.25, -0.2) is 0 Å². The zero-order valence-corrected chi connectivity index (χ0v) is 18.2. The lowest BCUT2D eigenvalue weighted by atomic mass is 9.83. The van der Waals surface area contributed by atoms with Gasteiger partial charge in [-0.05, 0) is 52.5 Å². The smallest absolute Gasteiger partial charge is 0.0650 e. The van der Waals surface area contributed by atoms with Crippen molar-refractivity contribution in [1.82, 2.24) is 0 Å². The molecule has 25 heavy (non-hydrogen) atoms. The van der Waals surface area contributed by atoms with Gasteiger partial charge in [-0.1, -0.05) is 95.6 Å². The predicted molar refractivity (Wildman–Crippen MR) is 115 cm³/mol. The molecule has 0 amide bonds. The largest absolute Gasteiger partial charge is 0.0867 e. The van der Waals surface area contributed by atoms with Crippen molar-refractivity contribution in [2.75, 3.05) is 0 Å². The topological polar surface area (TPSA) is 0 Å². The van der Waals surface area contributed by atoms with Gasteiger partial charge in [0.05, 0.1) is 8.07 Å². The minimum atomic E-state index is -1.58. The van der Waals surface area contributed by atoms with Crippen LogP contribution in [0.4, 0.5) is 0 Å². The summed E-state index contributed by atoms with van der Waals surface area (Å²) in [5.74, 6) is 0.781. The van der Waals surface area contributed by atoms with Crippen molar-refractivity contribution in [3.8, 4) is 11.1 Å². The normalized spacial score (nSPS) is 17.2. The Kier molecular flexibility index (Phi) is 5.17. The lowest BCUT2D eigenvalue weighted by Crippen LogP contribution is -2.52. The molecule has 3 rings (SSSR count). The molecular formula is C24H36Si. The molecular weight excluding hydrogens is 316 g/mol. The maximum absolute atomic E-state index is 2.62. The Bertz CT molecular complexity index is 699. The molecule has 0 nitrogen and oxygen atoms in total. The van der Waals surface area contributed by atoms with E-state index in [9.17, 15) is 0 Å². The minimum absolute atomic E-state index is 0.382. The van der Waals surface area contributed by atoms with Gasteiger partial charge in [-0.15, -0.1) is 0 Å². The zero-order valence-electron chi connectivity index (χ0n) is 17.2. The van der Waals surface area contributed by atoms with Crippen LogP contribution in [0.1, 0.15) is 76.8 Å². The van der Waals surface area contributed by atoms with E-state index < -0.39 is 8.07 Å². The van der Waals surface area contributed by atoms with E-state index in [1.807, 2.05) is 5.19 Å². The average molecular weight is 353 g/mol. The van der Waals surface area contributed by atoms with Crippen LogP contribution in [0.3, 0.4) is 0 Å². The quantitative estimate of drug-likeness (QED) is 0.516. The Morgan fingerprint density at radius 2 is 1.52 bits per heavy atom. The summed E-state index contributed by atoms with van der Waals surface area (Å²) in [6, 6.07) is 11.5. The van der Waals surface area contributed by atoms with Gasteiger partial charge in [0.1, 0.15) is 0 Å². The molecule has 0 aromatic rings. The van der Waals surface area contributed by atoms with Crippen molar-refractivity contribution in [1.29, 1.82) is 0 Å². The summed E-state index contributed by atoms with van der Waals surface area (Å²) in [5.41, 5.74) is 6.52. The van der Waals surface area contributed by atoms with Gasteiger partial charge in [0.2, 0.25) is 0 Å². The molecule has 0 radical (unpaired) electrons. The molecule has 0 spiro atoms. The molecule has 0 heterocycles. The molecule has 1 fully saturated rings. The molecule has 0 atom stereocenters. The van der Waals surface area contributed by atoms with Crippen molar-refractivity contribution >= 4 is 13.3 Å². The first kappa shape index (κ1) is 18.7. The van der Waals surface area contributed by atoms with Crippen molar-refractivity contribution < 1.29 is 0 Å². The van der Waals surface area contributed by atoms with Gasteiger partial charge >= 0.3 is 0 Å². The highest BCUT2D eigenvalue weighted by Crippen LogP contribution is 2.46. The van der Waals surface area contributed by atoms with Crippen molar-refractivity contribution in [3.05, 3.63) is 41.5 Å². The predicted octanol–water partition coefficient (Wildman–Crippen LogP) is 7.12. The van der Waals surface area contributed by atoms with Gasteiger partial charge in [0.25, 0.3) is 0 Å². The fourth-order valence-electron chi connectivity index (χ4n) is 4.75. The fraction of sp³-hybridized carbons (Fsp3) is 0.583. The Morgan fingerprint density at radius 1 is 0.920 bits per heavy atom. The second-order valence-corrected chi connectivity index (χ2v) is 14.8. The first-order chi connectivity index (χ1) is 11.8. The lowest BCUT2D eigenvalue weighted by Gasteiger charge is -2.40. The van der Waals surface area contributed by atoms with Gasteiger partial charge in [-0.2, -0.15) is 0 Å². The van der Waals surface area contributed by atoms with Crippen LogP contribution >= 0.6 is 0 Å². The lowest BCUT2D eigenvalue weighted by molar-refractivity contribution is 0.446. The summed E-state index contributed by atoms with van der Waals surface area (Å²) in [4.78, 5) is 0. The average Bonchev–Trinajstić information content (AvgIpc) is 2.70. The Hall–Kier alpha value is -1.08. The Labute approximate surface area is 156 Å². The fourth-order valence-corrected chi connectivity index (χ4v) is 7.58. The summed E-state index contributed by atoms with van der Waals surface area (Å²) in [6.07, 6.45) is 8.20. The summed E-state index contributed by atoms with van der Waals surface area (Å²) < 4.78 is 0. The molecule has 0 N–H and O–H groups in total. The molecule has 0 unspecified atom stereocenters. The highest BCUT2D eigenvalue weighted by molar-refractivity contribution is 6.93. The van der Waals surface area contributed by atoms with E-state index in [0.29, 0.717) is 5.04 Å². The van der Waals surface area contributed by atoms with E-state index in [2.05, 4.69) is 71.1 Å². The number of rotatable bonds is 3. The number of hydrogen-bond acceptors (Lipinski definition) is 0. The number of hydrogen-bond donors (Lipinski definition) is 0. The molecule has 0 bridgehead atoms. The van der Waals surface area contributed by atoms with E-state index in [1.165, 1.54) is 37.7 Å². The minimum Gasteiger partial charge on any atom is -0.0650 e. The summed E-state index contributed by atoms with van der Waals surface area (Å²) >= 11 is 0. The van der Waals surface area contributed by atoms with Crippen LogP contribution in [0, 0.1) is 0 Å². The van der Waals surface area contributed by atoms with Crippen molar-refractivity contribution in [3.63, 3.8) is 0 Å². The Balaban J connectivity index is 2.34. The molecule has 1 heteroatoms. The van der Waals surface area contributed by atoms with E-state index >= 15 is 0 Å². The number of fused-ring (bicyclic) bond motifs is 1. The summed E-state index contributed by atoms with van der Waals surface area (Å²) in [7, 11) is -1.58. The van der Waals surface area contributed by atoms with Crippen LogP contribution < -0.4 is 5.19 Å². The zero-order chi connectivity index (χ0) is 18.2. The highest BCUT2D eigenvalue weighted by Gasteiger charge is 2.43. The SMILES string of the molecule is CCc1c2cccccc-2c(C2CCCCC2)c1[Si](C)(C)C(C)(C)C. The molecule has 0 aromatic carbocycles. The van der Waals surface area contributed by atoms with Crippen LogP contribution in [0.5, 0.6) is 0 Å². The monoisotopic (exact) mass is 352 g/mol. The second-order valence-electron chi connectivity index (χ2n) is 9.57. The molecule has 3 aliphatic rings. The van der Waals surface area contributed by atoms with Gasteiger partial charge in [-0.3, -0.25) is 0 Å². The van der Waals surface area contributed by atoms with Gasteiger partial charge in [0.15, 0.2) is 0 Å². The molecule has 0 aromatic heterocycles.